The largest absolute Gasteiger partial charge is 0.394 e. The van der Waals surface area contributed by atoms with Crippen LogP contribution in [0.1, 0.15) is 0 Å². The maximum absolute atomic E-state index is 9.37. The van der Waals surface area contributed by atoms with Crippen LogP contribution in [-0.2, 0) is 4.74 Å². The lowest BCUT2D eigenvalue weighted by atomic mass is 10.0. The molecular weight excluding hydrogens is 184 g/mol. The van der Waals surface area contributed by atoms with Crippen molar-refractivity contribution >= 4 is 12.6 Å². The molecule has 12 heavy (non-hydrogen) atoms. The van der Waals surface area contributed by atoms with E-state index in [1.165, 1.54) is 0 Å². The Bertz CT molecular complexity index is 151. The zero-order valence-corrected chi connectivity index (χ0v) is 7.09. The Labute approximate surface area is 76.5 Å². The number of ether oxygens (including phenoxy) is 1. The predicted octanol–water partition coefficient (Wildman–Crippen LogP) is -2.28. The van der Waals surface area contributed by atoms with E-state index in [2.05, 4.69) is 17.7 Å². The lowest BCUT2D eigenvalue weighted by Gasteiger charge is -2.37. The van der Waals surface area contributed by atoms with Crippen molar-refractivity contribution in [1.29, 1.82) is 1.43 Å². The van der Waals surface area contributed by atoms with E-state index in [9.17, 15) is 10.2 Å². The van der Waals surface area contributed by atoms with Gasteiger partial charge in [0.15, 0.2) is 6.29 Å². The van der Waals surface area contributed by atoms with E-state index in [1.807, 2.05) is 0 Å². The molecule has 0 aromatic heterocycles. The molecule has 4 N–H and O–H groups in total. The van der Waals surface area contributed by atoms with Crippen molar-refractivity contribution in [2.75, 3.05) is 6.61 Å². The minimum absolute atomic E-state index is 0.349. The summed E-state index contributed by atoms with van der Waals surface area (Å²) in [5.41, 5.74) is 0. The van der Waals surface area contributed by atoms with Crippen molar-refractivity contribution in [1.82, 2.24) is 0 Å². The smallest absolute Gasteiger partial charge is 0.213 e. The molecule has 0 saturated carbocycles. The van der Waals surface area contributed by atoms with Gasteiger partial charge in [-0.25, -0.2) is 0 Å². The molecule has 1 fully saturated rings. The lowest BCUT2D eigenvalue weighted by molar-refractivity contribution is -0.248. The van der Waals surface area contributed by atoms with Gasteiger partial charge in [-0.2, -0.15) is 12.6 Å². The Morgan fingerprint density at radius 1 is 1.42 bits per heavy atom. The summed E-state index contributed by atoms with van der Waals surface area (Å²) in [5.74, 6) is 0. The maximum Gasteiger partial charge on any atom is 0.213 e. The molecule has 1 unspecified atom stereocenters. The van der Waals surface area contributed by atoms with E-state index in [-0.39, 0.29) is 6.61 Å². The summed E-state index contributed by atoms with van der Waals surface area (Å²) in [6, 6.07) is 0. The predicted molar refractivity (Wildman–Crippen MR) is 42.8 cm³/mol. The summed E-state index contributed by atoms with van der Waals surface area (Å²) >= 11 is 3.96. The molecule has 0 aliphatic carbocycles. The third-order valence-corrected chi connectivity index (χ3v) is 2.49. The number of thiol groups is 1. The van der Waals surface area contributed by atoms with Crippen LogP contribution in [0.25, 0.3) is 0 Å². The zero-order valence-electron chi connectivity index (χ0n) is 7.20. The molecule has 72 valence electrons. The third kappa shape index (κ3) is 1.73. The fourth-order valence-electron chi connectivity index (χ4n) is 1.07. The van der Waals surface area contributed by atoms with Crippen LogP contribution in [-0.4, -0.2) is 58.3 Å². The van der Waals surface area contributed by atoms with Crippen LogP contribution in [0.3, 0.4) is 0 Å². The highest BCUT2D eigenvalue weighted by Gasteiger charge is 2.41. The number of hydrogen-bond acceptors (Lipinski definition) is 6. The van der Waals surface area contributed by atoms with E-state index >= 15 is 0 Å². The van der Waals surface area contributed by atoms with Crippen molar-refractivity contribution in [3.8, 4) is 0 Å². The average Bonchev–Trinajstić information content (AvgIpc) is 2.15. The van der Waals surface area contributed by atoms with E-state index in [0.29, 0.717) is 0 Å². The van der Waals surface area contributed by atoms with Crippen molar-refractivity contribution < 1.29 is 25.2 Å². The SMILES string of the molecule is [2H]OC1O[C@H](CO)[C@H](S)[C@H](O)[C@H]1O. The van der Waals surface area contributed by atoms with Crippen molar-refractivity contribution in [3.63, 3.8) is 0 Å². The molecule has 0 amide bonds. The molecule has 1 heterocycles. The number of hydrogen-bond donors (Lipinski definition) is 5. The Hall–Kier alpha value is 0.150. The number of rotatable bonds is 2. The van der Waals surface area contributed by atoms with Crippen molar-refractivity contribution in [2.45, 2.75) is 29.9 Å². The fourth-order valence-corrected chi connectivity index (χ4v) is 1.41. The van der Waals surface area contributed by atoms with Crippen LogP contribution >= 0.6 is 12.6 Å². The second-order valence-corrected chi connectivity index (χ2v) is 3.29. The van der Waals surface area contributed by atoms with Crippen LogP contribution < -0.4 is 0 Å². The second-order valence-electron chi connectivity index (χ2n) is 2.70. The van der Waals surface area contributed by atoms with Crippen LogP contribution in [0.15, 0.2) is 0 Å². The molecule has 6 heteroatoms. The second kappa shape index (κ2) is 3.91. The molecule has 0 radical (unpaired) electrons. The summed E-state index contributed by atoms with van der Waals surface area (Å²) in [6.07, 6.45) is -4.47. The van der Waals surface area contributed by atoms with Crippen LogP contribution in [0.2, 0.25) is 0 Å². The van der Waals surface area contributed by atoms with Crippen LogP contribution in [0, 0.1) is 0 Å². The highest BCUT2D eigenvalue weighted by molar-refractivity contribution is 7.81. The Kier molecular flexibility index (Phi) is 2.84. The van der Waals surface area contributed by atoms with Crippen molar-refractivity contribution in [2.24, 2.45) is 0 Å². The van der Waals surface area contributed by atoms with Crippen LogP contribution in [0.4, 0.5) is 0 Å². The molecule has 1 saturated heterocycles. The minimum Gasteiger partial charge on any atom is -0.394 e. The van der Waals surface area contributed by atoms with Crippen LogP contribution in [0.5, 0.6) is 0 Å². The molecule has 0 aromatic carbocycles. The molecular formula is C6H12O5S. The Morgan fingerprint density at radius 3 is 2.58 bits per heavy atom. The van der Waals surface area contributed by atoms with Crippen molar-refractivity contribution in [3.05, 3.63) is 0 Å². The number of aliphatic hydroxyl groups is 4. The summed E-state index contributed by atoms with van der Waals surface area (Å²) in [6.45, 7) is -0.349. The molecule has 5 nitrogen and oxygen atoms in total. The quantitative estimate of drug-likeness (QED) is 0.322. The van der Waals surface area contributed by atoms with Gasteiger partial charge in [0.05, 0.1) is 24.1 Å². The Morgan fingerprint density at radius 2 is 2.08 bits per heavy atom. The lowest BCUT2D eigenvalue weighted by Crippen LogP contribution is -2.56. The first-order chi connectivity index (χ1) is 6.11. The van der Waals surface area contributed by atoms with E-state index in [1.54, 1.807) is 0 Å². The van der Waals surface area contributed by atoms with Gasteiger partial charge in [0.1, 0.15) is 6.10 Å². The minimum atomic E-state index is -1.32. The zero-order chi connectivity index (χ0) is 10.0. The molecule has 0 aromatic rings. The highest BCUT2D eigenvalue weighted by atomic mass is 32.1. The van der Waals surface area contributed by atoms with Gasteiger partial charge in [-0.1, -0.05) is 0 Å². The number of aliphatic hydroxyl groups excluding tert-OH is 4. The van der Waals surface area contributed by atoms with E-state index in [0.717, 1.165) is 0 Å². The standard InChI is InChI=1S/C6H12O5S/c7-1-2-5(12)3(8)4(9)6(10)11-2/h2-10,12H,1H2/t2-,3-,4-,5+,6?/m1/s1/i10D. The van der Waals surface area contributed by atoms with Gasteiger partial charge < -0.3 is 25.2 Å². The summed E-state index contributed by atoms with van der Waals surface area (Å²) in [7, 11) is 0. The summed E-state index contributed by atoms with van der Waals surface area (Å²) in [5, 5.41) is 30.8. The molecule has 0 bridgehead atoms. The summed E-state index contributed by atoms with van der Waals surface area (Å²) in [4.78, 5) is 0. The van der Waals surface area contributed by atoms with Gasteiger partial charge in [0.25, 0.3) is 0 Å². The van der Waals surface area contributed by atoms with Gasteiger partial charge in [0.2, 0.25) is 1.43 Å². The first kappa shape index (κ1) is 8.74. The maximum atomic E-state index is 9.37. The molecule has 1 rings (SSSR count). The first-order valence-electron chi connectivity index (χ1n) is 3.95. The van der Waals surface area contributed by atoms with Gasteiger partial charge in [-0.05, 0) is 0 Å². The van der Waals surface area contributed by atoms with Gasteiger partial charge in [0, 0.05) is 0 Å². The third-order valence-electron chi connectivity index (χ3n) is 1.85. The topological polar surface area (TPSA) is 90.2 Å². The van der Waals surface area contributed by atoms with Gasteiger partial charge >= 0.3 is 0 Å². The normalized spacial score (nSPS) is 50.3. The summed E-state index contributed by atoms with van der Waals surface area (Å²) < 4.78 is 11.5. The molecule has 0 spiro atoms. The van der Waals surface area contributed by atoms with E-state index < -0.39 is 29.9 Å². The molecule has 5 atom stereocenters. The average molecular weight is 197 g/mol. The Balaban J connectivity index is 2.66. The van der Waals surface area contributed by atoms with Gasteiger partial charge in [-0.3, -0.25) is 0 Å². The molecule has 1 aliphatic rings. The first-order valence-corrected chi connectivity index (χ1v) is 4.06. The van der Waals surface area contributed by atoms with E-state index in [4.69, 9.17) is 11.3 Å². The fraction of sp³-hybridized carbons (Fsp3) is 1.00. The van der Waals surface area contributed by atoms with Gasteiger partial charge in [-0.15, -0.1) is 0 Å². The molecule has 1 aliphatic heterocycles. The highest BCUT2D eigenvalue weighted by Crippen LogP contribution is 2.23. The monoisotopic (exact) mass is 197 g/mol.